The Morgan fingerprint density at radius 3 is 2.52 bits per heavy atom. The Labute approximate surface area is 170 Å². The summed E-state index contributed by atoms with van der Waals surface area (Å²) in [4.78, 5) is 24.2. The normalized spacial score (nSPS) is 11.1. The van der Waals surface area contributed by atoms with Crippen molar-refractivity contribution in [1.82, 2.24) is 4.57 Å². The number of carbonyl (C=O) groups excluding carboxylic acids is 2. The summed E-state index contributed by atoms with van der Waals surface area (Å²) in [7, 11) is 1.63. The Kier molecular flexibility index (Phi) is 7.75. The van der Waals surface area contributed by atoms with Crippen LogP contribution in [0.3, 0.4) is 0 Å². The number of aryl methyl sites for hydroxylation is 2. The van der Waals surface area contributed by atoms with Crippen molar-refractivity contribution >= 4 is 23.6 Å². The molecule has 0 spiro atoms. The summed E-state index contributed by atoms with van der Waals surface area (Å²) in [5.74, 6) is -1.31. The van der Waals surface area contributed by atoms with Crippen molar-refractivity contribution in [2.24, 2.45) is 0 Å². The largest absolute Gasteiger partial charge is 0.451 e. The molecule has 2 aromatic rings. The molecule has 0 fully saturated rings. The number of carbonyl (C=O) groups is 2. The quantitative estimate of drug-likeness (QED) is 0.421. The minimum Gasteiger partial charge on any atom is -0.451 e. The molecule has 1 N–H and O–H groups in total. The fourth-order valence-electron chi connectivity index (χ4n) is 2.84. The molecule has 7 nitrogen and oxygen atoms in total. The van der Waals surface area contributed by atoms with E-state index in [0.717, 1.165) is 22.5 Å². The molecular formula is C22H25N3O4. The van der Waals surface area contributed by atoms with Crippen LogP contribution in [0.2, 0.25) is 0 Å². The zero-order valence-electron chi connectivity index (χ0n) is 17.1. The van der Waals surface area contributed by atoms with E-state index in [1.54, 1.807) is 19.2 Å². The molecule has 0 saturated carbocycles. The highest BCUT2D eigenvalue weighted by atomic mass is 16.5. The summed E-state index contributed by atoms with van der Waals surface area (Å²) in [6.45, 7) is 6.55. The van der Waals surface area contributed by atoms with Crippen LogP contribution in [-0.4, -0.2) is 36.8 Å². The first-order valence-electron chi connectivity index (χ1n) is 9.16. The topological polar surface area (TPSA) is 93.3 Å². The maximum absolute atomic E-state index is 12.2. The van der Waals surface area contributed by atoms with Gasteiger partial charge in [0.2, 0.25) is 0 Å². The molecular weight excluding hydrogens is 370 g/mol. The van der Waals surface area contributed by atoms with E-state index in [1.807, 2.05) is 49.6 Å². The van der Waals surface area contributed by atoms with Crippen LogP contribution in [-0.2, 0) is 25.6 Å². The summed E-state index contributed by atoms with van der Waals surface area (Å²) in [5.41, 5.74) is 4.17. The molecule has 152 valence electrons. The van der Waals surface area contributed by atoms with Gasteiger partial charge in [0.15, 0.2) is 6.61 Å². The average Bonchev–Trinajstić information content (AvgIpc) is 2.97. The van der Waals surface area contributed by atoms with Crippen molar-refractivity contribution in [2.45, 2.75) is 27.3 Å². The number of nitriles is 1. The first kappa shape index (κ1) is 21.9. The lowest BCUT2D eigenvalue weighted by Crippen LogP contribution is -2.21. The second kappa shape index (κ2) is 10.2. The summed E-state index contributed by atoms with van der Waals surface area (Å²) in [6, 6.07) is 11.0. The van der Waals surface area contributed by atoms with Crippen molar-refractivity contribution in [2.75, 3.05) is 25.6 Å². The maximum Gasteiger partial charge on any atom is 0.349 e. The molecule has 0 radical (unpaired) electrons. The van der Waals surface area contributed by atoms with Crippen LogP contribution in [0.5, 0.6) is 0 Å². The van der Waals surface area contributed by atoms with Gasteiger partial charge in [-0.2, -0.15) is 5.26 Å². The third kappa shape index (κ3) is 6.06. The lowest BCUT2D eigenvalue weighted by Gasteiger charge is -2.08. The van der Waals surface area contributed by atoms with Gasteiger partial charge in [-0.25, -0.2) is 4.79 Å². The van der Waals surface area contributed by atoms with Gasteiger partial charge in [-0.1, -0.05) is 17.7 Å². The molecule has 0 aliphatic carbocycles. The molecule has 0 saturated heterocycles. The fourth-order valence-corrected chi connectivity index (χ4v) is 2.84. The highest BCUT2D eigenvalue weighted by Gasteiger charge is 2.15. The first-order chi connectivity index (χ1) is 13.8. The zero-order chi connectivity index (χ0) is 21.4. The number of aromatic nitrogens is 1. The van der Waals surface area contributed by atoms with E-state index in [-0.39, 0.29) is 5.57 Å². The Hall–Kier alpha value is -3.37. The molecule has 1 amide bonds. The average molecular weight is 395 g/mol. The van der Waals surface area contributed by atoms with E-state index in [2.05, 4.69) is 5.32 Å². The molecule has 0 aliphatic heterocycles. The van der Waals surface area contributed by atoms with Crippen molar-refractivity contribution in [3.05, 3.63) is 58.4 Å². The molecule has 1 aromatic carbocycles. The van der Waals surface area contributed by atoms with E-state index in [0.29, 0.717) is 18.8 Å². The van der Waals surface area contributed by atoms with Crippen LogP contribution in [0.4, 0.5) is 5.69 Å². The molecule has 0 bridgehead atoms. The number of esters is 1. The molecule has 29 heavy (non-hydrogen) atoms. The summed E-state index contributed by atoms with van der Waals surface area (Å²) >= 11 is 0. The van der Waals surface area contributed by atoms with Gasteiger partial charge in [0.25, 0.3) is 5.91 Å². The van der Waals surface area contributed by atoms with Crippen LogP contribution in [0.25, 0.3) is 6.08 Å². The predicted molar refractivity (Wildman–Crippen MR) is 110 cm³/mol. The Bertz CT molecular complexity index is 950. The van der Waals surface area contributed by atoms with Gasteiger partial charge < -0.3 is 19.4 Å². The summed E-state index contributed by atoms with van der Waals surface area (Å²) < 4.78 is 12.2. The number of hydrogen-bond acceptors (Lipinski definition) is 5. The summed E-state index contributed by atoms with van der Waals surface area (Å²) in [6.07, 6.45) is 1.48. The van der Waals surface area contributed by atoms with Crippen molar-refractivity contribution < 1.29 is 19.1 Å². The van der Waals surface area contributed by atoms with Crippen LogP contribution < -0.4 is 5.32 Å². The third-order valence-corrected chi connectivity index (χ3v) is 4.44. The van der Waals surface area contributed by atoms with Gasteiger partial charge in [-0.15, -0.1) is 0 Å². The first-order valence-corrected chi connectivity index (χ1v) is 9.16. The smallest absolute Gasteiger partial charge is 0.349 e. The Balaban J connectivity index is 2.02. The maximum atomic E-state index is 12.2. The van der Waals surface area contributed by atoms with Crippen molar-refractivity contribution in [3.63, 3.8) is 0 Å². The fraction of sp³-hybridized carbons (Fsp3) is 0.318. The molecule has 0 aliphatic rings. The van der Waals surface area contributed by atoms with E-state index in [4.69, 9.17) is 9.47 Å². The molecule has 1 heterocycles. The monoisotopic (exact) mass is 395 g/mol. The van der Waals surface area contributed by atoms with Crippen LogP contribution >= 0.6 is 0 Å². The second-order valence-electron chi connectivity index (χ2n) is 6.63. The van der Waals surface area contributed by atoms with Gasteiger partial charge in [0, 0.05) is 30.7 Å². The molecule has 7 heteroatoms. The Morgan fingerprint density at radius 2 is 1.90 bits per heavy atom. The van der Waals surface area contributed by atoms with Crippen LogP contribution in [0.1, 0.15) is 22.5 Å². The number of methoxy groups -OCH3 is 1. The third-order valence-electron chi connectivity index (χ3n) is 4.44. The summed E-state index contributed by atoms with van der Waals surface area (Å²) in [5, 5.41) is 12.0. The van der Waals surface area contributed by atoms with Gasteiger partial charge in [-0.3, -0.25) is 4.79 Å². The van der Waals surface area contributed by atoms with Crippen molar-refractivity contribution in [1.29, 1.82) is 5.26 Å². The van der Waals surface area contributed by atoms with Gasteiger partial charge in [-0.05, 0) is 50.6 Å². The highest BCUT2D eigenvalue weighted by Crippen LogP contribution is 2.18. The standard InChI is InChI=1S/C22H25N3O4/c1-15-5-7-20(8-6-15)24-21(26)14-29-22(27)19(13-23)12-18-11-16(2)25(17(18)3)9-10-28-4/h5-8,11-12H,9-10,14H2,1-4H3,(H,24,26)/b19-12+. The number of nitrogens with zero attached hydrogens (tertiary/aromatic N) is 2. The number of anilines is 1. The van der Waals surface area contributed by atoms with Gasteiger partial charge in [0.1, 0.15) is 11.6 Å². The van der Waals surface area contributed by atoms with E-state index in [1.165, 1.54) is 6.08 Å². The van der Waals surface area contributed by atoms with E-state index < -0.39 is 18.5 Å². The van der Waals surface area contributed by atoms with Crippen molar-refractivity contribution in [3.8, 4) is 6.07 Å². The lowest BCUT2D eigenvalue weighted by molar-refractivity contribution is -0.142. The molecule has 0 unspecified atom stereocenters. The predicted octanol–water partition coefficient (Wildman–Crippen LogP) is 3.15. The number of hydrogen-bond donors (Lipinski definition) is 1. The van der Waals surface area contributed by atoms with Gasteiger partial charge in [0.05, 0.1) is 6.61 Å². The van der Waals surface area contributed by atoms with E-state index >= 15 is 0 Å². The lowest BCUT2D eigenvalue weighted by atomic mass is 10.1. The number of benzene rings is 1. The SMILES string of the molecule is COCCn1c(C)cc(/C=C(\C#N)C(=O)OCC(=O)Nc2ccc(C)cc2)c1C. The van der Waals surface area contributed by atoms with Crippen LogP contribution in [0, 0.1) is 32.1 Å². The second-order valence-corrected chi connectivity index (χ2v) is 6.63. The number of nitrogens with one attached hydrogen (secondary N) is 1. The highest BCUT2D eigenvalue weighted by molar-refractivity contribution is 6.00. The molecule has 1 aromatic heterocycles. The minimum absolute atomic E-state index is 0.167. The Morgan fingerprint density at radius 1 is 1.21 bits per heavy atom. The number of amides is 1. The van der Waals surface area contributed by atoms with Crippen LogP contribution in [0.15, 0.2) is 35.9 Å². The minimum atomic E-state index is -0.840. The van der Waals surface area contributed by atoms with E-state index in [9.17, 15) is 14.9 Å². The number of rotatable bonds is 8. The molecule has 2 rings (SSSR count). The number of ether oxygens (including phenoxy) is 2. The zero-order valence-corrected chi connectivity index (χ0v) is 17.1. The van der Waals surface area contributed by atoms with Gasteiger partial charge >= 0.3 is 5.97 Å². The molecule has 0 atom stereocenters.